The van der Waals surface area contributed by atoms with E-state index in [2.05, 4.69) is 15.9 Å². The predicted molar refractivity (Wildman–Crippen MR) is 79.5 cm³/mol. The summed E-state index contributed by atoms with van der Waals surface area (Å²) in [5, 5.41) is 9.46. The van der Waals surface area contributed by atoms with Crippen molar-refractivity contribution in [2.24, 2.45) is 0 Å². The van der Waals surface area contributed by atoms with Crippen LogP contribution in [0.15, 0.2) is 34.8 Å². The minimum atomic E-state index is 0.297. The second-order valence-corrected chi connectivity index (χ2v) is 5.29. The quantitative estimate of drug-likeness (QED) is 0.811. The maximum absolute atomic E-state index is 9.11. The van der Waals surface area contributed by atoms with Gasteiger partial charge in [0.2, 0.25) is 0 Å². The number of hydrogen-bond donors (Lipinski definition) is 1. The van der Waals surface area contributed by atoms with Crippen LogP contribution in [-0.2, 0) is 0 Å². The van der Waals surface area contributed by atoms with Gasteiger partial charge in [-0.3, -0.25) is 0 Å². The Balaban J connectivity index is 2.49. The summed E-state index contributed by atoms with van der Waals surface area (Å²) in [6, 6.07) is 10.7. The first-order chi connectivity index (χ1) is 9.02. The SMILES string of the molecule is Cc1cc(Br)cc(N)c1Oc1cccc(Cl)c1C#N. The van der Waals surface area contributed by atoms with Gasteiger partial charge in [0.1, 0.15) is 17.4 Å². The Bertz CT molecular complexity index is 657. The van der Waals surface area contributed by atoms with Gasteiger partial charge < -0.3 is 10.5 Å². The molecule has 2 aromatic carbocycles. The van der Waals surface area contributed by atoms with Crippen molar-refractivity contribution in [1.82, 2.24) is 0 Å². The van der Waals surface area contributed by atoms with E-state index < -0.39 is 0 Å². The number of ether oxygens (including phenoxy) is 1. The first-order valence-corrected chi connectivity index (χ1v) is 6.62. The Morgan fingerprint density at radius 2 is 2.11 bits per heavy atom. The zero-order chi connectivity index (χ0) is 14.0. The van der Waals surface area contributed by atoms with Gasteiger partial charge in [-0.05, 0) is 36.8 Å². The summed E-state index contributed by atoms with van der Waals surface area (Å²) >= 11 is 9.32. The van der Waals surface area contributed by atoms with Crippen LogP contribution < -0.4 is 10.5 Å². The van der Waals surface area contributed by atoms with E-state index in [4.69, 9.17) is 27.3 Å². The van der Waals surface area contributed by atoms with Crippen molar-refractivity contribution < 1.29 is 4.74 Å². The number of rotatable bonds is 2. The largest absolute Gasteiger partial charge is 0.453 e. The number of anilines is 1. The maximum Gasteiger partial charge on any atom is 0.153 e. The van der Waals surface area contributed by atoms with Crippen LogP contribution in [0.25, 0.3) is 0 Å². The van der Waals surface area contributed by atoms with Gasteiger partial charge in [0, 0.05) is 4.47 Å². The molecule has 2 aromatic rings. The minimum Gasteiger partial charge on any atom is -0.453 e. The van der Waals surface area contributed by atoms with Gasteiger partial charge in [-0.2, -0.15) is 5.26 Å². The van der Waals surface area contributed by atoms with Crippen molar-refractivity contribution in [3.8, 4) is 17.6 Å². The number of nitriles is 1. The third-order valence-electron chi connectivity index (χ3n) is 2.57. The van der Waals surface area contributed by atoms with Gasteiger partial charge in [-0.1, -0.05) is 33.6 Å². The molecule has 0 aliphatic heterocycles. The smallest absolute Gasteiger partial charge is 0.153 e. The first-order valence-electron chi connectivity index (χ1n) is 5.45. The fourth-order valence-electron chi connectivity index (χ4n) is 1.70. The summed E-state index contributed by atoms with van der Waals surface area (Å²) in [6.07, 6.45) is 0. The second-order valence-electron chi connectivity index (χ2n) is 3.97. The molecule has 2 N–H and O–H groups in total. The normalized spacial score (nSPS) is 10.0. The van der Waals surface area contributed by atoms with E-state index in [0.29, 0.717) is 27.8 Å². The van der Waals surface area contributed by atoms with Crippen LogP contribution in [0.2, 0.25) is 5.02 Å². The zero-order valence-electron chi connectivity index (χ0n) is 10.1. The summed E-state index contributed by atoms with van der Waals surface area (Å²) in [6.45, 7) is 1.88. The second kappa shape index (κ2) is 5.52. The first kappa shape index (κ1) is 13.7. The number of halogens is 2. The molecule has 0 bridgehead atoms. The van der Waals surface area contributed by atoms with Gasteiger partial charge in [0.05, 0.1) is 10.7 Å². The number of nitrogens with zero attached hydrogens (tertiary/aromatic N) is 1. The molecule has 0 saturated carbocycles. The van der Waals surface area contributed by atoms with Crippen LogP contribution in [0.3, 0.4) is 0 Å². The van der Waals surface area contributed by atoms with Crippen molar-refractivity contribution >= 4 is 33.2 Å². The van der Waals surface area contributed by atoms with Crippen LogP contribution >= 0.6 is 27.5 Å². The average molecular weight is 338 g/mol. The van der Waals surface area contributed by atoms with Crippen molar-refractivity contribution in [2.75, 3.05) is 5.73 Å². The lowest BCUT2D eigenvalue weighted by Crippen LogP contribution is -1.96. The minimum absolute atomic E-state index is 0.297. The Kier molecular flexibility index (Phi) is 3.98. The highest BCUT2D eigenvalue weighted by atomic mass is 79.9. The summed E-state index contributed by atoms with van der Waals surface area (Å²) in [4.78, 5) is 0. The Labute approximate surface area is 124 Å². The maximum atomic E-state index is 9.11. The van der Waals surface area contributed by atoms with E-state index in [9.17, 15) is 0 Å². The molecule has 0 radical (unpaired) electrons. The van der Waals surface area contributed by atoms with E-state index >= 15 is 0 Å². The van der Waals surface area contributed by atoms with E-state index in [1.807, 2.05) is 19.1 Å². The van der Waals surface area contributed by atoms with Crippen molar-refractivity contribution in [1.29, 1.82) is 5.26 Å². The van der Waals surface area contributed by atoms with Crippen LogP contribution in [0.1, 0.15) is 11.1 Å². The highest BCUT2D eigenvalue weighted by molar-refractivity contribution is 9.10. The van der Waals surface area contributed by atoms with E-state index in [-0.39, 0.29) is 0 Å². The fraction of sp³-hybridized carbons (Fsp3) is 0.0714. The number of nitrogen functional groups attached to an aromatic ring is 1. The topological polar surface area (TPSA) is 59.0 Å². The van der Waals surface area contributed by atoms with Gasteiger partial charge >= 0.3 is 0 Å². The molecule has 0 unspecified atom stereocenters. The van der Waals surface area contributed by atoms with E-state index in [1.54, 1.807) is 24.3 Å². The lowest BCUT2D eigenvalue weighted by Gasteiger charge is -2.13. The summed E-state index contributed by atoms with van der Waals surface area (Å²) in [5.74, 6) is 0.925. The van der Waals surface area contributed by atoms with Gasteiger partial charge in [-0.25, -0.2) is 0 Å². The lowest BCUT2D eigenvalue weighted by atomic mass is 10.2. The van der Waals surface area contributed by atoms with Crippen LogP contribution in [0, 0.1) is 18.3 Å². The van der Waals surface area contributed by atoms with E-state index in [0.717, 1.165) is 10.0 Å². The average Bonchev–Trinajstić information content (AvgIpc) is 2.34. The molecule has 0 aromatic heterocycles. The third kappa shape index (κ3) is 2.83. The lowest BCUT2D eigenvalue weighted by molar-refractivity contribution is 0.479. The molecule has 2 rings (SSSR count). The number of nitrogens with two attached hydrogens (primary N) is 1. The molecule has 96 valence electrons. The van der Waals surface area contributed by atoms with E-state index in [1.165, 1.54) is 0 Å². The summed E-state index contributed by atoms with van der Waals surface area (Å²) < 4.78 is 6.62. The van der Waals surface area contributed by atoms with Crippen LogP contribution in [-0.4, -0.2) is 0 Å². The van der Waals surface area contributed by atoms with Gasteiger partial charge in [-0.15, -0.1) is 0 Å². The molecular weight excluding hydrogens is 328 g/mol. The molecule has 0 aliphatic carbocycles. The van der Waals surface area contributed by atoms with Crippen LogP contribution in [0.5, 0.6) is 11.5 Å². The molecule has 0 heterocycles. The molecule has 0 spiro atoms. The number of benzene rings is 2. The molecule has 0 amide bonds. The molecule has 5 heteroatoms. The predicted octanol–water partition coefficient (Wildman–Crippen LogP) is 4.66. The molecule has 0 aliphatic rings. The number of aryl methyl sites for hydroxylation is 1. The molecule has 0 atom stereocenters. The van der Waals surface area contributed by atoms with Gasteiger partial charge in [0.15, 0.2) is 5.75 Å². The fourth-order valence-corrected chi connectivity index (χ4v) is 2.50. The monoisotopic (exact) mass is 336 g/mol. The molecule has 0 saturated heterocycles. The summed E-state index contributed by atoms with van der Waals surface area (Å²) in [7, 11) is 0. The van der Waals surface area contributed by atoms with Crippen molar-refractivity contribution in [2.45, 2.75) is 6.92 Å². The Morgan fingerprint density at radius 3 is 2.74 bits per heavy atom. The highest BCUT2D eigenvalue weighted by Crippen LogP contribution is 2.36. The molecule has 0 fully saturated rings. The van der Waals surface area contributed by atoms with Crippen LogP contribution in [0.4, 0.5) is 5.69 Å². The molecule has 19 heavy (non-hydrogen) atoms. The van der Waals surface area contributed by atoms with Gasteiger partial charge in [0.25, 0.3) is 0 Å². The van der Waals surface area contributed by atoms with Crippen molar-refractivity contribution in [3.63, 3.8) is 0 Å². The zero-order valence-corrected chi connectivity index (χ0v) is 12.4. The number of hydrogen-bond acceptors (Lipinski definition) is 3. The summed E-state index contributed by atoms with van der Waals surface area (Å²) in [5.41, 5.74) is 7.59. The van der Waals surface area contributed by atoms with Crippen molar-refractivity contribution in [3.05, 3.63) is 51.0 Å². The third-order valence-corrected chi connectivity index (χ3v) is 3.34. The molecular formula is C14H10BrClN2O. The Morgan fingerprint density at radius 1 is 1.37 bits per heavy atom. The molecule has 3 nitrogen and oxygen atoms in total. The Hall–Kier alpha value is -1.70. The highest BCUT2D eigenvalue weighted by Gasteiger charge is 2.12. The standard InChI is InChI=1S/C14H10BrClN2O/c1-8-5-9(15)6-12(18)14(8)19-13-4-2-3-11(16)10(13)7-17/h2-6H,18H2,1H3.